The summed E-state index contributed by atoms with van der Waals surface area (Å²) in [5.74, 6) is -1.09. The van der Waals surface area contributed by atoms with Crippen molar-refractivity contribution in [3.8, 4) is 17.2 Å². The van der Waals surface area contributed by atoms with Gasteiger partial charge in [-0.15, -0.1) is 0 Å². The highest BCUT2D eigenvalue weighted by Crippen LogP contribution is 2.36. The van der Waals surface area contributed by atoms with E-state index in [1.807, 2.05) is 18.2 Å². The second-order valence-electron chi connectivity index (χ2n) is 4.19. The number of hydrogen-bond donors (Lipinski definition) is 4. The van der Waals surface area contributed by atoms with Crippen LogP contribution >= 0.6 is 0 Å². The number of phenolic OH excluding ortho intramolecular Hbond substituents is 3. The lowest BCUT2D eigenvalue weighted by Gasteiger charge is -2.08. The van der Waals surface area contributed by atoms with E-state index in [4.69, 9.17) is 0 Å². The largest absolute Gasteiger partial charge is 0.504 e. The fourth-order valence-electron chi connectivity index (χ4n) is 1.74. The fraction of sp³-hybridized carbons (Fsp3) is 0.214. The van der Waals surface area contributed by atoms with Crippen molar-refractivity contribution in [1.29, 1.82) is 0 Å². The first kappa shape index (κ1) is 13.2. The Hall–Kier alpha value is -2.27. The van der Waals surface area contributed by atoms with Gasteiger partial charge in [0.15, 0.2) is 11.5 Å². The molecule has 0 bridgehead atoms. The van der Waals surface area contributed by atoms with Crippen LogP contribution in [0.25, 0.3) is 0 Å². The van der Waals surface area contributed by atoms with E-state index in [0.29, 0.717) is 18.7 Å². The van der Waals surface area contributed by atoms with Crippen LogP contribution < -0.4 is 5.32 Å². The topological polar surface area (TPSA) is 85.6 Å². The molecule has 100 valence electrons. The van der Waals surface area contributed by atoms with Gasteiger partial charge in [0.25, 0.3) is 0 Å². The number of phenols is 3. The average Bonchev–Trinajstić information content (AvgIpc) is 2.44. The van der Waals surface area contributed by atoms with E-state index < -0.39 is 5.75 Å². The Balaban J connectivity index is 1.85. The van der Waals surface area contributed by atoms with Crippen molar-refractivity contribution in [2.75, 3.05) is 6.54 Å². The lowest BCUT2D eigenvalue weighted by Crippen LogP contribution is -2.17. The molecule has 4 N–H and O–H groups in total. The summed E-state index contributed by atoms with van der Waals surface area (Å²) in [4.78, 5) is 4.20. The molecule has 2 aromatic rings. The van der Waals surface area contributed by atoms with Crippen LogP contribution in [0.2, 0.25) is 0 Å². The highest BCUT2D eigenvalue weighted by Gasteiger charge is 2.10. The zero-order chi connectivity index (χ0) is 13.7. The first-order valence-electron chi connectivity index (χ1n) is 6.02. The Kier molecular flexibility index (Phi) is 4.20. The molecule has 0 saturated heterocycles. The Bertz CT molecular complexity index is 544. The van der Waals surface area contributed by atoms with Gasteiger partial charge in [0.05, 0.1) is 0 Å². The maximum absolute atomic E-state index is 9.63. The summed E-state index contributed by atoms with van der Waals surface area (Å²) >= 11 is 0. The number of nitrogens with one attached hydrogen (secondary N) is 1. The quantitative estimate of drug-likeness (QED) is 0.484. The molecule has 0 unspecified atom stereocenters. The Morgan fingerprint density at radius 1 is 1.00 bits per heavy atom. The van der Waals surface area contributed by atoms with Gasteiger partial charge in [-0.1, -0.05) is 12.1 Å². The summed E-state index contributed by atoms with van der Waals surface area (Å²) in [6.07, 6.45) is 2.53. The Morgan fingerprint density at radius 3 is 2.58 bits per heavy atom. The van der Waals surface area contributed by atoms with E-state index in [0.717, 1.165) is 12.1 Å². The number of aromatic hydroxyl groups is 3. The van der Waals surface area contributed by atoms with Crippen molar-refractivity contribution < 1.29 is 15.3 Å². The van der Waals surface area contributed by atoms with Crippen LogP contribution in [0.1, 0.15) is 11.3 Å². The number of pyridine rings is 1. The predicted octanol–water partition coefficient (Wildman–Crippen LogP) is 1.53. The molecule has 0 aliphatic rings. The average molecular weight is 260 g/mol. The third kappa shape index (κ3) is 3.35. The van der Waals surface area contributed by atoms with Crippen LogP contribution in [0, 0.1) is 0 Å². The monoisotopic (exact) mass is 260 g/mol. The van der Waals surface area contributed by atoms with E-state index in [9.17, 15) is 15.3 Å². The highest BCUT2D eigenvalue weighted by atomic mass is 16.3. The van der Waals surface area contributed by atoms with Gasteiger partial charge in [-0.25, -0.2) is 0 Å². The minimum Gasteiger partial charge on any atom is -0.504 e. The number of aromatic nitrogens is 1. The van der Waals surface area contributed by atoms with Crippen LogP contribution in [0.4, 0.5) is 0 Å². The summed E-state index contributed by atoms with van der Waals surface area (Å²) in [7, 11) is 0. The smallest absolute Gasteiger partial charge is 0.200 e. The zero-order valence-corrected chi connectivity index (χ0v) is 10.4. The molecule has 1 heterocycles. The summed E-state index contributed by atoms with van der Waals surface area (Å²) in [5, 5.41) is 31.4. The second kappa shape index (κ2) is 6.06. The van der Waals surface area contributed by atoms with Gasteiger partial charge in [0.2, 0.25) is 5.75 Å². The Morgan fingerprint density at radius 2 is 1.84 bits per heavy atom. The molecule has 0 aliphatic carbocycles. The molecule has 0 amide bonds. The van der Waals surface area contributed by atoms with Gasteiger partial charge >= 0.3 is 0 Å². The molecular weight excluding hydrogens is 244 g/mol. The molecule has 1 aromatic heterocycles. The molecule has 0 fully saturated rings. The van der Waals surface area contributed by atoms with Crippen LogP contribution in [0.5, 0.6) is 17.2 Å². The molecule has 5 heteroatoms. The molecule has 2 rings (SSSR count). The molecule has 0 aliphatic heterocycles. The molecule has 0 spiro atoms. The summed E-state index contributed by atoms with van der Waals surface area (Å²) in [6, 6.07) is 8.68. The minimum absolute atomic E-state index is 0.287. The van der Waals surface area contributed by atoms with Crippen molar-refractivity contribution in [1.82, 2.24) is 10.3 Å². The Labute approximate surface area is 111 Å². The standard InChI is InChI=1S/C14H16N2O3/c17-12-5-4-10(13(18)14(12)19)9-15-8-6-11-3-1-2-7-16-11/h1-5,7,15,17-19H,6,8-9H2. The molecular formula is C14H16N2O3. The van der Waals surface area contributed by atoms with Gasteiger partial charge in [-0.3, -0.25) is 4.98 Å². The van der Waals surface area contributed by atoms with E-state index in [-0.39, 0.29) is 11.5 Å². The van der Waals surface area contributed by atoms with Gasteiger partial charge < -0.3 is 20.6 Å². The molecule has 0 saturated carbocycles. The lowest BCUT2D eigenvalue weighted by atomic mass is 10.1. The number of benzene rings is 1. The maximum Gasteiger partial charge on any atom is 0.200 e. The zero-order valence-electron chi connectivity index (χ0n) is 10.4. The van der Waals surface area contributed by atoms with E-state index >= 15 is 0 Å². The van der Waals surface area contributed by atoms with Gasteiger partial charge in [-0.05, 0) is 18.2 Å². The third-order valence-corrected chi connectivity index (χ3v) is 2.81. The fourth-order valence-corrected chi connectivity index (χ4v) is 1.74. The van der Waals surface area contributed by atoms with Gasteiger partial charge in [0, 0.05) is 37.0 Å². The van der Waals surface area contributed by atoms with Crippen LogP contribution in [0.15, 0.2) is 36.5 Å². The summed E-state index contributed by atoms with van der Waals surface area (Å²) in [5.41, 5.74) is 1.53. The van der Waals surface area contributed by atoms with Crippen LogP contribution in [0.3, 0.4) is 0 Å². The first-order valence-corrected chi connectivity index (χ1v) is 6.02. The highest BCUT2D eigenvalue weighted by molar-refractivity contribution is 5.52. The minimum atomic E-state index is -0.482. The number of nitrogens with zero attached hydrogens (tertiary/aromatic N) is 1. The predicted molar refractivity (Wildman–Crippen MR) is 71.1 cm³/mol. The molecule has 19 heavy (non-hydrogen) atoms. The SMILES string of the molecule is Oc1ccc(CNCCc2ccccn2)c(O)c1O. The molecule has 1 aromatic carbocycles. The van der Waals surface area contributed by atoms with Crippen molar-refractivity contribution in [2.45, 2.75) is 13.0 Å². The van der Waals surface area contributed by atoms with Crippen LogP contribution in [-0.4, -0.2) is 26.8 Å². The second-order valence-corrected chi connectivity index (χ2v) is 4.19. The van der Waals surface area contributed by atoms with E-state index in [2.05, 4.69) is 10.3 Å². The third-order valence-electron chi connectivity index (χ3n) is 2.81. The summed E-state index contributed by atoms with van der Waals surface area (Å²) < 4.78 is 0. The summed E-state index contributed by atoms with van der Waals surface area (Å²) in [6.45, 7) is 1.12. The van der Waals surface area contributed by atoms with Crippen LogP contribution in [-0.2, 0) is 13.0 Å². The van der Waals surface area contributed by atoms with E-state index in [1.165, 1.54) is 6.07 Å². The van der Waals surface area contributed by atoms with Gasteiger partial charge in [0.1, 0.15) is 0 Å². The van der Waals surface area contributed by atoms with Crippen molar-refractivity contribution >= 4 is 0 Å². The first-order chi connectivity index (χ1) is 9.18. The van der Waals surface area contributed by atoms with Crippen molar-refractivity contribution in [3.05, 3.63) is 47.8 Å². The number of rotatable bonds is 5. The van der Waals surface area contributed by atoms with E-state index in [1.54, 1.807) is 12.3 Å². The number of hydrogen-bond acceptors (Lipinski definition) is 5. The van der Waals surface area contributed by atoms with Gasteiger partial charge in [-0.2, -0.15) is 0 Å². The molecule has 0 atom stereocenters. The normalized spacial score (nSPS) is 10.5. The van der Waals surface area contributed by atoms with Crippen molar-refractivity contribution in [3.63, 3.8) is 0 Å². The molecule has 0 radical (unpaired) electrons. The van der Waals surface area contributed by atoms with Crippen molar-refractivity contribution in [2.24, 2.45) is 0 Å². The lowest BCUT2D eigenvalue weighted by molar-refractivity contribution is 0.364. The molecule has 5 nitrogen and oxygen atoms in total. The maximum atomic E-state index is 9.63.